The number of ether oxygens (including phenoxy) is 1. The van der Waals surface area contributed by atoms with Crippen molar-refractivity contribution in [2.75, 3.05) is 31.1 Å². The minimum absolute atomic E-state index is 0.0249. The van der Waals surface area contributed by atoms with Gasteiger partial charge in [-0.1, -0.05) is 0 Å². The lowest BCUT2D eigenvalue weighted by Crippen LogP contribution is -2.46. The summed E-state index contributed by atoms with van der Waals surface area (Å²) in [5.41, 5.74) is 10.6. The van der Waals surface area contributed by atoms with Crippen molar-refractivity contribution in [2.24, 2.45) is 11.5 Å². The number of primary amides is 1. The molecule has 1 aromatic rings. The molecule has 0 aromatic carbocycles. The van der Waals surface area contributed by atoms with Crippen molar-refractivity contribution in [2.45, 2.75) is 6.10 Å². The van der Waals surface area contributed by atoms with E-state index in [9.17, 15) is 14.9 Å². The average Bonchev–Trinajstić information content (AvgIpc) is 2.46. The van der Waals surface area contributed by atoms with Gasteiger partial charge in [-0.05, 0) is 0 Å². The van der Waals surface area contributed by atoms with Gasteiger partial charge < -0.3 is 21.1 Å². The molecule has 0 aliphatic carbocycles. The summed E-state index contributed by atoms with van der Waals surface area (Å²) in [6.07, 6.45) is 0.941. The Morgan fingerprint density at radius 1 is 1.65 bits per heavy atom. The summed E-state index contributed by atoms with van der Waals surface area (Å²) in [4.78, 5) is 27.4. The minimum atomic E-state index is -0.757. The van der Waals surface area contributed by atoms with Crippen LogP contribution in [0.4, 0.5) is 11.5 Å². The van der Waals surface area contributed by atoms with E-state index in [4.69, 9.17) is 16.2 Å². The van der Waals surface area contributed by atoms with Gasteiger partial charge in [-0.15, -0.1) is 0 Å². The number of nitro groups is 1. The molecule has 108 valence electrons. The fourth-order valence-corrected chi connectivity index (χ4v) is 2.03. The second-order valence-electron chi connectivity index (χ2n) is 4.36. The van der Waals surface area contributed by atoms with Crippen molar-refractivity contribution in [3.63, 3.8) is 0 Å². The van der Waals surface area contributed by atoms with Gasteiger partial charge in [0.1, 0.15) is 12.0 Å². The normalized spacial score (nSPS) is 18.9. The summed E-state index contributed by atoms with van der Waals surface area (Å²) in [7, 11) is 0. The number of anilines is 1. The molecule has 0 radical (unpaired) electrons. The van der Waals surface area contributed by atoms with Gasteiger partial charge in [0, 0.05) is 25.7 Å². The molecule has 1 aliphatic heterocycles. The van der Waals surface area contributed by atoms with Gasteiger partial charge in [0.2, 0.25) is 0 Å². The van der Waals surface area contributed by atoms with E-state index in [-0.39, 0.29) is 17.4 Å². The van der Waals surface area contributed by atoms with Crippen LogP contribution in [-0.4, -0.2) is 48.2 Å². The Bertz CT molecular complexity index is 536. The first kappa shape index (κ1) is 14.2. The third-order valence-corrected chi connectivity index (χ3v) is 3.03. The SMILES string of the molecule is NCC1CN(c2ncc([N+](=O)[O-])cc2C(N)=O)CCO1. The van der Waals surface area contributed by atoms with Crippen LogP contribution >= 0.6 is 0 Å². The summed E-state index contributed by atoms with van der Waals surface area (Å²) < 4.78 is 5.42. The van der Waals surface area contributed by atoms with E-state index in [0.717, 1.165) is 12.3 Å². The maximum atomic E-state index is 11.5. The van der Waals surface area contributed by atoms with E-state index in [2.05, 4.69) is 4.98 Å². The first-order valence-electron chi connectivity index (χ1n) is 6.03. The van der Waals surface area contributed by atoms with Crippen molar-refractivity contribution >= 4 is 17.4 Å². The van der Waals surface area contributed by atoms with E-state index in [0.29, 0.717) is 32.1 Å². The van der Waals surface area contributed by atoms with Crippen molar-refractivity contribution < 1.29 is 14.5 Å². The van der Waals surface area contributed by atoms with E-state index in [1.807, 2.05) is 0 Å². The lowest BCUT2D eigenvalue weighted by atomic mass is 10.2. The van der Waals surface area contributed by atoms with E-state index >= 15 is 0 Å². The molecule has 0 spiro atoms. The van der Waals surface area contributed by atoms with Crippen LogP contribution in [0.2, 0.25) is 0 Å². The summed E-state index contributed by atoms with van der Waals surface area (Å²) in [5, 5.41) is 10.7. The smallest absolute Gasteiger partial charge is 0.288 e. The Kier molecular flexibility index (Phi) is 4.11. The number of nitrogens with zero attached hydrogens (tertiary/aromatic N) is 3. The highest BCUT2D eigenvalue weighted by Gasteiger charge is 2.25. The van der Waals surface area contributed by atoms with E-state index in [1.54, 1.807) is 4.90 Å². The average molecular weight is 281 g/mol. The molecular weight excluding hydrogens is 266 g/mol. The van der Waals surface area contributed by atoms with Crippen molar-refractivity contribution in [1.82, 2.24) is 4.98 Å². The van der Waals surface area contributed by atoms with Gasteiger partial charge in [0.05, 0.1) is 23.2 Å². The van der Waals surface area contributed by atoms with Gasteiger partial charge >= 0.3 is 0 Å². The van der Waals surface area contributed by atoms with Crippen LogP contribution in [0.5, 0.6) is 0 Å². The molecule has 0 saturated carbocycles. The predicted molar refractivity (Wildman–Crippen MR) is 70.4 cm³/mol. The second kappa shape index (κ2) is 5.80. The number of amides is 1. The molecule has 9 heteroatoms. The maximum absolute atomic E-state index is 11.5. The largest absolute Gasteiger partial charge is 0.373 e. The molecule has 2 heterocycles. The Hall–Kier alpha value is -2.26. The van der Waals surface area contributed by atoms with Crippen molar-refractivity contribution in [3.8, 4) is 0 Å². The second-order valence-corrected chi connectivity index (χ2v) is 4.36. The number of rotatable bonds is 4. The molecule has 1 amide bonds. The van der Waals surface area contributed by atoms with Crippen LogP contribution < -0.4 is 16.4 Å². The molecule has 1 aromatic heterocycles. The molecule has 1 fully saturated rings. The van der Waals surface area contributed by atoms with Crippen LogP contribution in [0.3, 0.4) is 0 Å². The number of pyridine rings is 1. The number of nitrogens with two attached hydrogens (primary N) is 2. The fourth-order valence-electron chi connectivity index (χ4n) is 2.03. The molecule has 9 nitrogen and oxygen atoms in total. The van der Waals surface area contributed by atoms with Gasteiger partial charge in [0.25, 0.3) is 11.6 Å². The monoisotopic (exact) mass is 281 g/mol. The van der Waals surface area contributed by atoms with Crippen LogP contribution in [0.1, 0.15) is 10.4 Å². The number of carbonyl (C=O) groups is 1. The summed E-state index contributed by atoms with van der Waals surface area (Å²) >= 11 is 0. The lowest BCUT2D eigenvalue weighted by molar-refractivity contribution is -0.385. The Morgan fingerprint density at radius 2 is 2.40 bits per heavy atom. The molecule has 1 atom stereocenters. The van der Waals surface area contributed by atoms with Gasteiger partial charge in [0.15, 0.2) is 0 Å². The van der Waals surface area contributed by atoms with Crippen LogP contribution in [-0.2, 0) is 4.74 Å². The Labute approximate surface area is 114 Å². The van der Waals surface area contributed by atoms with E-state index < -0.39 is 10.8 Å². The summed E-state index contributed by atoms with van der Waals surface area (Å²) in [6, 6.07) is 1.14. The van der Waals surface area contributed by atoms with Gasteiger partial charge in [-0.2, -0.15) is 0 Å². The Balaban J connectivity index is 2.35. The topological polar surface area (TPSA) is 138 Å². The highest BCUT2D eigenvalue weighted by Crippen LogP contribution is 2.23. The zero-order valence-corrected chi connectivity index (χ0v) is 10.7. The van der Waals surface area contributed by atoms with Crippen LogP contribution in [0, 0.1) is 10.1 Å². The molecule has 0 bridgehead atoms. The maximum Gasteiger partial charge on any atom is 0.288 e. The van der Waals surface area contributed by atoms with Gasteiger partial charge in [-0.25, -0.2) is 4.98 Å². The first-order valence-corrected chi connectivity index (χ1v) is 6.03. The fraction of sp³-hybridized carbons (Fsp3) is 0.455. The quantitative estimate of drug-likeness (QED) is 0.547. The third kappa shape index (κ3) is 2.83. The number of hydrogen-bond donors (Lipinski definition) is 2. The zero-order valence-electron chi connectivity index (χ0n) is 10.7. The Morgan fingerprint density at radius 3 is 3.00 bits per heavy atom. The molecule has 4 N–H and O–H groups in total. The molecule has 1 saturated heterocycles. The van der Waals surface area contributed by atoms with Crippen molar-refractivity contribution in [1.29, 1.82) is 0 Å². The number of morpholine rings is 1. The van der Waals surface area contributed by atoms with Crippen LogP contribution in [0.25, 0.3) is 0 Å². The number of hydrogen-bond acceptors (Lipinski definition) is 7. The summed E-state index contributed by atoms with van der Waals surface area (Å²) in [6.45, 7) is 1.76. The number of aromatic nitrogens is 1. The predicted octanol–water partition coefficient (Wildman–Crippen LogP) is -0.747. The van der Waals surface area contributed by atoms with Crippen LogP contribution in [0.15, 0.2) is 12.3 Å². The summed E-state index contributed by atoms with van der Waals surface area (Å²) in [5.74, 6) is -0.433. The molecular formula is C11H15N5O4. The molecule has 1 unspecified atom stereocenters. The highest BCUT2D eigenvalue weighted by atomic mass is 16.6. The zero-order chi connectivity index (χ0) is 14.7. The lowest BCUT2D eigenvalue weighted by Gasteiger charge is -2.33. The standard InChI is InChI=1S/C11H15N5O4/c12-4-8-6-15(1-2-20-8)11-9(10(13)17)3-7(5-14-11)16(18)19/h3,5,8H,1-2,4,6,12H2,(H2,13,17). The third-order valence-electron chi connectivity index (χ3n) is 3.03. The first-order chi connectivity index (χ1) is 9.52. The highest BCUT2D eigenvalue weighted by molar-refractivity contribution is 5.98. The number of carbonyl (C=O) groups excluding carboxylic acids is 1. The minimum Gasteiger partial charge on any atom is -0.373 e. The molecule has 1 aliphatic rings. The molecule has 20 heavy (non-hydrogen) atoms. The van der Waals surface area contributed by atoms with Gasteiger partial charge in [-0.3, -0.25) is 14.9 Å². The van der Waals surface area contributed by atoms with E-state index in [1.165, 1.54) is 0 Å². The molecule has 2 rings (SSSR count). The van der Waals surface area contributed by atoms with Crippen molar-refractivity contribution in [3.05, 3.63) is 27.9 Å².